The summed E-state index contributed by atoms with van der Waals surface area (Å²) in [6.07, 6.45) is 7.95. The second kappa shape index (κ2) is 6.05. The van der Waals surface area contributed by atoms with Crippen LogP contribution in [0.5, 0.6) is 0 Å². The summed E-state index contributed by atoms with van der Waals surface area (Å²) in [5.74, 6) is 1.63. The average Bonchev–Trinajstić information content (AvgIpc) is 3.28. The average molecular weight is 287 g/mol. The van der Waals surface area contributed by atoms with Crippen LogP contribution in [-0.2, 0) is 6.54 Å². The van der Waals surface area contributed by atoms with Gasteiger partial charge in [0.15, 0.2) is 0 Å². The molecule has 116 valence electrons. The second-order valence-corrected chi connectivity index (χ2v) is 7.62. The molecule has 0 radical (unpaired) electrons. The van der Waals surface area contributed by atoms with E-state index in [0.29, 0.717) is 11.6 Å². The quantitative estimate of drug-likeness (QED) is 0.902. The van der Waals surface area contributed by atoms with Crippen molar-refractivity contribution in [2.24, 2.45) is 11.8 Å². The minimum atomic E-state index is 0.315. The molecule has 0 aromatic carbocycles. The van der Waals surface area contributed by atoms with Crippen molar-refractivity contribution < 1.29 is 0 Å². The van der Waals surface area contributed by atoms with Crippen LogP contribution in [0, 0.1) is 11.8 Å². The molecular weight excluding hydrogens is 258 g/mol. The monoisotopic (exact) mass is 287 g/mol. The number of piperazine rings is 1. The van der Waals surface area contributed by atoms with Crippen LogP contribution in [0.2, 0.25) is 0 Å². The van der Waals surface area contributed by atoms with E-state index in [1.54, 1.807) is 0 Å². The molecule has 0 spiro atoms. The summed E-state index contributed by atoms with van der Waals surface area (Å²) in [6.45, 7) is 10.4. The second-order valence-electron chi connectivity index (χ2n) is 7.62. The largest absolute Gasteiger partial charge is 0.308 e. The van der Waals surface area contributed by atoms with Gasteiger partial charge in [0.2, 0.25) is 0 Å². The van der Waals surface area contributed by atoms with Crippen LogP contribution in [-0.4, -0.2) is 34.6 Å². The van der Waals surface area contributed by atoms with Gasteiger partial charge < -0.3 is 5.32 Å². The van der Waals surface area contributed by atoms with E-state index in [-0.39, 0.29) is 0 Å². The predicted molar refractivity (Wildman–Crippen MR) is 87.0 cm³/mol. The molecule has 1 saturated heterocycles. The smallest absolute Gasteiger partial charge is 0.0312 e. The van der Waals surface area contributed by atoms with Crippen molar-refractivity contribution in [2.75, 3.05) is 13.1 Å². The molecule has 1 aromatic heterocycles. The van der Waals surface area contributed by atoms with Gasteiger partial charge in [-0.3, -0.25) is 9.88 Å². The molecule has 2 unspecified atom stereocenters. The molecule has 21 heavy (non-hydrogen) atoms. The Balaban J connectivity index is 1.72. The van der Waals surface area contributed by atoms with E-state index < -0.39 is 0 Å². The molecule has 1 saturated carbocycles. The van der Waals surface area contributed by atoms with Gasteiger partial charge in [-0.15, -0.1) is 0 Å². The highest BCUT2D eigenvalue weighted by molar-refractivity contribution is 5.11. The first-order valence-electron chi connectivity index (χ1n) is 8.45. The highest BCUT2D eigenvalue weighted by Gasteiger charge is 2.45. The number of nitrogens with zero attached hydrogens (tertiary/aromatic N) is 2. The minimum Gasteiger partial charge on any atom is -0.308 e. The fourth-order valence-corrected chi connectivity index (χ4v) is 3.77. The zero-order valence-corrected chi connectivity index (χ0v) is 13.7. The summed E-state index contributed by atoms with van der Waals surface area (Å²) in [6, 6.07) is 4.90. The number of nitrogens with one attached hydrogen (secondary N) is 1. The van der Waals surface area contributed by atoms with Crippen molar-refractivity contribution >= 4 is 0 Å². The van der Waals surface area contributed by atoms with Gasteiger partial charge in [-0.1, -0.05) is 19.9 Å². The highest BCUT2D eigenvalue weighted by Crippen LogP contribution is 2.41. The van der Waals surface area contributed by atoms with E-state index in [0.717, 1.165) is 24.9 Å². The van der Waals surface area contributed by atoms with Crippen molar-refractivity contribution in [1.29, 1.82) is 0 Å². The SMILES string of the molecule is CC(C)CC1CNC(C)(C2CC2)CN1Cc1cccnc1. The van der Waals surface area contributed by atoms with E-state index >= 15 is 0 Å². The summed E-state index contributed by atoms with van der Waals surface area (Å²) in [7, 11) is 0. The zero-order chi connectivity index (χ0) is 14.9. The third kappa shape index (κ3) is 3.64. The maximum absolute atomic E-state index is 4.28. The van der Waals surface area contributed by atoms with E-state index in [1.165, 1.54) is 31.4 Å². The fourth-order valence-electron chi connectivity index (χ4n) is 3.77. The molecule has 2 atom stereocenters. The molecule has 3 heteroatoms. The fraction of sp³-hybridized carbons (Fsp3) is 0.722. The topological polar surface area (TPSA) is 28.2 Å². The summed E-state index contributed by atoms with van der Waals surface area (Å²) >= 11 is 0. The number of aromatic nitrogens is 1. The zero-order valence-electron chi connectivity index (χ0n) is 13.7. The summed E-state index contributed by atoms with van der Waals surface area (Å²) in [4.78, 5) is 6.98. The number of hydrogen-bond donors (Lipinski definition) is 1. The molecule has 0 bridgehead atoms. The normalized spacial score (nSPS) is 30.8. The first-order chi connectivity index (χ1) is 10.1. The lowest BCUT2D eigenvalue weighted by molar-refractivity contribution is 0.0581. The molecule has 3 rings (SSSR count). The first kappa shape index (κ1) is 15.0. The Kier molecular flexibility index (Phi) is 4.32. The van der Waals surface area contributed by atoms with Crippen LogP contribution < -0.4 is 5.32 Å². The van der Waals surface area contributed by atoms with E-state index in [4.69, 9.17) is 0 Å². The highest BCUT2D eigenvalue weighted by atomic mass is 15.3. The molecule has 2 heterocycles. The van der Waals surface area contributed by atoms with E-state index in [9.17, 15) is 0 Å². The Labute approximate surface area is 129 Å². The third-order valence-electron chi connectivity index (χ3n) is 5.12. The number of hydrogen-bond acceptors (Lipinski definition) is 3. The Hall–Kier alpha value is -0.930. The van der Waals surface area contributed by atoms with Gasteiger partial charge in [-0.25, -0.2) is 0 Å². The minimum absolute atomic E-state index is 0.315. The number of rotatable bonds is 5. The Bertz CT molecular complexity index is 455. The molecule has 2 aliphatic rings. The molecule has 0 amide bonds. The molecule has 2 fully saturated rings. The van der Waals surface area contributed by atoms with Crippen LogP contribution in [0.4, 0.5) is 0 Å². The van der Waals surface area contributed by atoms with Crippen LogP contribution in [0.1, 0.15) is 45.6 Å². The first-order valence-corrected chi connectivity index (χ1v) is 8.45. The third-order valence-corrected chi connectivity index (χ3v) is 5.12. The maximum Gasteiger partial charge on any atom is 0.0312 e. The molecule has 1 aliphatic heterocycles. The van der Waals surface area contributed by atoms with E-state index in [1.807, 2.05) is 12.4 Å². The van der Waals surface area contributed by atoms with Crippen LogP contribution >= 0.6 is 0 Å². The van der Waals surface area contributed by atoms with Gasteiger partial charge in [0.1, 0.15) is 0 Å². The lowest BCUT2D eigenvalue weighted by Crippen LogP contribution is -2.63. The van der Waals surface area contributed by atoms with Crippen molar-refractivity contribution in [1.82, 2.24) is 15.2 Å². The van der Waals surface area contributed by atoms with Crippen LogP contribution in [0.25, 0.3) is 0 Å². The lowest BCUT2D eigenvalue weighted by Gasteiger charge is -2.47. The molecule has 3 nitrogen and oxygen atoms in total. The molecule has 1 N–H and O–H groups in total. The Morgan fingerprint density at radius 2 is 2.24 bits per heavy atom. The molecule has 1 aromatic rings. The van der Waals surface area contributed by atoms with Crippen molar-refractivity contribution in [2.45, 2.75) is 58.2 Å². The van der Waals surface area contributed by atoms with Gasteiger partial charge in [0.25, 0.3) is 0 Å². The summed E-state index contributed by atoms with van der Waals surface area (Å²) in [5.41, 5.74) is 1.65. The van der Waals surface area contributed by atoms with E-state index in [2.05, 4.69) is 48.1 Å². The Morgan fingerprint density at radius 1 is 1.43 bits per heavy atom. The van der Waals surface area contributed by atoms with Gasteiger partial charge in [-0.05, 0) is 49.7 Å². The number of pyridine rings is 1. The summed E-state index contributed by atoms with van der Waals surface area (Å²) < 4.78 is 0. The van der Waals surface area contributed by atoms with Crippen molar-refractivity contribution in [3.8, 4) is 0 Å². The molecular formula is C18H29N3. The van der Waals surface area contributed by atoms with Crippen LogP contribution in [0.3, 0.4) is 0 Å². The Morgan fingerprint density at radius 3 is 2.86 bits per heavy atom. The standard InChI is InChI=1S/C18H29N3/c1-14(2)9-17-11-20-18(3,16-6-7-16)13-21(17)12-15-5-4-8-19-10-15/h4-5,8,10,14,16-17,20H,6-7,9,11-13H2,1-3H3. The van der Waals surface area contributed by atoms with Gasteiger partial charge in [-0.2, -0.15) is 0 Å². The lowest BCUT2D eigenvalue weighted by atomic mass is 9.88. The van der Waals surface area contributed by atoms with Crippen molar-refractivity contribution in [3.63, 3.8) is 0 Å². The van der Waals surface area contributed by atoms with Gasteiger partial charge >= 0.3 is 0 Å². The van der Waals surface area contributed by atoms with Gasteiger partial charge in [0.05, 0.1) is 0 Å². The van der Waals surface area contributed by atoms with Crippen molar-refractivity contribution in [3.05, 3.63) is 30.1 Å². The van der Waals surface area contributed by atoms with Gasteiger partial charge in [0, 0.05) is 43.6 Å². The maximum atomic E-state index is 4.28. The predicted octanol–water partition coefficient (Wildman–Crippen LogP) is 3.07. The summed E-state index contributed by atoms with van der Waals surface area (Å²) in [5, 5.41) is 3.87. The van der Waals surface area contributed by atoms with Crippen LogP contribution in [0.15, 0.2) is 24.5 Å². The molecule has 1 aliphatic carbocycles.